The molecular weight excluding hydrogens is 288 g/mol. The van der Waals surface area contributed by atoms with Crippen LogP contribution in [0.2, 0.25) is 0 Å². The predicted molar refractivity (Wildman–Crippen MR) is 82.1 cm³/mol. The summed E-state index contributed by atoms with van der Waals surface area (Å²) in [4.78, 5) is 11.6. The highest BCUT2D eigenvalue weighted by Crippen LogP contribution is 2.27. The molecule has 0 atom stereocenters. The number of amidine groups is 1. The second-order valence-electron chi connectivity index (χ2n) is 3.99. The van der Waals surface area contributed by atoms with Crippen LogP contribution in [0.25, 0.3) is 0 Å². The maximum absolute atomic E-state index is 11.6. The van der Waals surface area contributed by atoms with Crippen molar-refractivity contribution >= 4 is 28.8 Å². The number of nitrogens with two attached hydrogens (primary N) is 1. The lowest BCUT2D eigenvalue weighted by Gasteiger charge is -2.11. The molecule has 9 nitrogen and oxygen atoms in total. The van der Waals surface area contributed by atoms with E-state index in [2.05, 4.69) is 15.8 Å². The Hall–Kier alpha value is -3.12. The van der Waals surface area contributed by atoms with Gasteiger partial charge in [0, 0.05) is 7.11 Å². The molecule has 0 aliphatic rings. The second-order valence-corrected chi connectivity index (χ2v) is 3.99. The highest BCUT2D eigenvalue weighted by molar-refractivity contribution is 6.45. The predicted octanol–water partition coefficient (Wildman–Crippen LogP) is 0.508. The van der Waals surface area contributed by atoms with E-state index in [1.807, 2.05) is 0 Å². The monoisotopic (exact) mass is 304 g/mol. The first-order valence-corrected chi connectivity index (χ1v) is 6.06. The van der Waals surface area contributed by atoms with E-state index in [1.54, 1.807) is 24.3 Å². The Labute approximate surface area is 127 Å². The zero-order chi connectivity index (χ0) is 16.5. The fourth-order valence-corrected chi connectivity index (χ4v) is 1.46. The van der Waals surface area contributed by atoms with Crippen molar-refractivity contribution in [1.29, 1.82) is 10.7 Å². The minimum atomic E-state index is -0.447. The van der Waals surface area contributed by atoms with Crippen molar-refractivity contribution in [3.8, 4) is 11.8 Å². The summed E-state index contributed by atoms with van der Waals surface area (Å²) >= 11 is 0. The molecule has 0 saturated heterocycles. The van der Waals surface area contributed by atoms with Crippen LogP contribution in [0.3, 0.4) is 0 Å². The topological polar surface area (TPSA) is 146 Å². The fraction of sp³-hybridized carbons (Fsp3) is 0.231. The molecule has 1 aromatic carbocycles. The SMILES string of the molecule is COCC(=O)Nc1cc(N/N=C(\C#N)C(=N)N)ccc1OC. The van der Waals surface area contributed by atoms with E-state index >= 15 is 0 Å². The molecule has 22 heavy (non-hydrogen) atoms. The molecule has 0 spiro atoms. The quantitative estimate of drug-likeness (QED) is 0.328. The Bertz CT molecular complexity index is 635. The average Bonchev–Trinajstić information content (AvgIpc) is 2.48. The first kappa shape index (κ1) is 16.9. The molecule has 0 radical (unpaired) electrons. The van der Waals surface area contributed by atoms with E-state index in [4.69, 9.17) is 25.9 Å². The Morgan fingerprint density at radius 1 is 1.50 bits per heavy atom. The van der Waals surface area contributed by atoms with Gasteiger partial charge in [0.15, 0.2) is 5.84 Å². The lowest BCUT2D eigenvalue weighted by Crippen LogP contribution is -2.22. The molecule has 0 bridgehead atoms. The van der Waals surface area contributed by atoms with Crippen molar-refractivity contribution in [2.75, 3.05) is 31.6 Å². The standard InChI is InChI=1S/C13H16N6O3/c1-21-7-12(20)17-9-5-8(3-4-11(9)22-2)18-19-10(6-14)13(15)16/h3-5,18H,7H2,1-2H3,(H3,15,16)(H,17,20)/b19-10+. The number of carbonyl (C=O) groups excluding carboxylic acids is 1. The van der Waals surface area contributed by atoms with Gasteiger partial charge in [0.25, 0.3) is 0 Å². The van der Waals surface area contributed by atoms with Gasteiger partial charge in [-0.3, -0.25) is 15.6 Å². The summed E-state index contributed by atoms with van der Waals surface area (Å²) in [6, 6.07) is 6.49. The van der Waals surface area contributed by atoms with E-state index in [9.17, 15) is 4.79 Å². The van der Waals surface area contributed by atoms with Crippen LogP contribution in [-0.4, -0.2) is 38.3 Å². The third kappa shape index (κ3) is 4.77. The zero-order valence-corrected chi connectivity index (χ0v) is 12.1. The van der Waals surface area contributed by atoms with E-state index in [-0.39, 0.29) is 18.2 Å². The van der Waals surface area contributed by atoms with Gasteiger partial charge in [-0.15, -0.1) is 0 Å². The van der Waals surface area contributed by atoms with Crippen molar-refractivity contribution in [2.45, 2.75) is 0 Å². The molecule has 0 heterocycles. The van der Waals surface area contributed by atoms with E-state index in [1.165, 1.54) is 14.2 Å². The normalized spacial score (nSPS) is 10.5. The molecule has 9 heteroatoms. The van der Waals surface area contributed by atoms with Gasteiger partial charge in [-0.2, -0.15) is 10.4 Å². The average molecular weight is 304 g/mol. The number of carbonyl (C=O) groups is 1. The van der Waals surface area contributed by atoms with Gasteiger partial charge in [-0.25, -0.2) is 0 Å². The van der Waals surface area contributed by atoms with Crippen molar-refractivity contribution in [3.63, 3.8) is 0 Å². The molecule has 1 aromatic rings. The third-order valence-corrected chi connectivity index (χ3v) is 2.41. The van der Waals surface area contributed by atoms with Crippen LogP contribution in [0.1, 0.15) is 0 Å². The maximum Gasteiger partial charge on any atom is 0.250 e. The van der Waals surface area contributed by atoms with Gasteiger partial charge in [-0.05, 0) is 18.2 Å². The summed E-state index contributed by atoms with van der Waals surface area (Å²) < 4.78 is 9.87. The summed E-state index contributed by atoms with van der Waals surface area (Å²) in [5.74, 6) is -0.342. The molecule has 116 valence electrons. The number of ether oxygens (including phenoxy) is 2. The lowest BCUT2D eigenvalue weighted by atomic mass is 10.2. The highest BCUT2D eigenvalue weighted by atomic mass is 16.5. The molecule has 0 aromatic heterocycles. The molecule has 5 N–H and O–H groups in total. The van der Waals surface area contributed by atoms with E-state index in [0.717, 1.165) is 0 Å². The maximum atomic E-state index is 11.6. The van der Waals surface area contributed by atoms with Crippen molar-refractivity contribution in [3.05, 3.63) is 18.2 Å². The molecule has 0 saturated carbocycles. The van der Waals surface area contributed by atoms with Crippen LogP contribution in [0.4, 0.5) is 11.4 Å². The Morgan fingerprint density at radius 3 is 2.77 bits per heavy atom. The molecule has 0 fully saturated rings. The molecule has 1 amide bonds. The minimum Gasteiger partial charge on any atom is -0.495 e. The Kier molecular flexibility index (Phi) is 6.33. The summed E-state index contributed by atoms with van der Waals surface area (Å²) in [6.07, 6.45) is 0. The van der Waals surface area contributed by atoms with Gasteiger partial charge in [0.1, 0.15) is 18.4 Å². The van der Waals surface area contributed by atoms with Gasteiger partial charge < -0.3 is 20.5 Å². The first-order valence-electron chi connectivity index (χ1n) is 6.06. The van der Waals surface area contributed by atoms with Gasteiger partial charge in [-0.1, -0.05) is 0 Å². The number of nitrogens with one attached hydrogen (secondary N) is 3. The number of nitrogens with zero attached hydrogens (tertiary/aromatic N) is 2. The largest absolute Gasteiger partial charge is 0.495 e. The summed E-state index contributed by atoms with van der Waals surface area (Å²) in [5, 5.41) is 22.2. The van der Waals surface area contributed by atoms with E-state index < -0.39 is 5.84 Å². The molecule has 0 unspecified atom stereocenters. The smallest absolute Gasteiger partial charge is 0.250 e. The minimum absolute atomic E-state index is 0.0954. The van der Waals surface area contributed by atoms with Crippen molar-refractivity contribution < 1.29 is 14.3 Å². The Balaban J connectivity index is 2.97. The number of anilines is 2. The molecule has 0 aliphatic heterocycles. The second kappa shape index (κ2) is 8.23. The highest BCUT2D eigenvalue weighted by Gasteiger charge is 2.09. The number of methoxy groups -OCH3 is 2. The third-order valence-electron chi connectivity index (χ3n) is 2.41. The van der Waals surface area contributed by atoms with Crippen molar-refractivity contribution in [2.24, 2.45) is 10.8 Å². The van der Waals surface area contributed by atoms with E-state index in [0.29, 0.717) is 17.1 Å². The van der Waals surface area contributed by atoms with Crippen LogP contribution < -0.4 is 21.2 Å². The molecule has 0 aliphatic carbocycles. The molecular formula is C13H16N6O3. The number of nitriles is 1. The van der Waals surface area contributed by atoms with Gasteiger partial charge in [0.05, 0.1) is 18.5 Å². The summed E-state index contributed by atoms with van der Waals surface area (Å²) in [7, 11) is 2.88. The summed E-state index contributed by atoms with van der Waals surface area (Å²) in [6.45, 7) is -0.0954. The van der Waals surface area contributed by atoms with Crippen LogP contribution in [0.15, 0.2) is 23.3 Å². The first-order chi connectivity index (χ1) is 10.5. The van der Waals surface area contributed by atoms with Crippen LogP contribution in [0.5, 0.6) is 5.75 Å². The van der Waals surface area contributed by atoms with Crippen LogP contribution >= 0.6 is 0 Å². The zero-order valence-electron chi connectivity index (χ0n) is 12.1. The van der Waals surface area contributed by atoms with Gasteiger partial charge in [0.2, 0.25) is 11.6 Å². The van der Waals surface area contributed by atoms with Gasteiger partial charge >= 0.3 is 0 Å². The van der Waals surface area contributed by atoms with Crippen LogP contribution in [0, 0.1) is 16.7 Å². The number of hydrogen-bond acceptors (Lipinski definition) is 7. The Morgan fingerprint density at radius 2 is 2.23 bits per heavy atom. The van der Waals surface area contributed by atoms with Crippen LogP contribution in [-0.2, 0) is 9.53 Å². The number of hydrazone groups is 1. The van der Waals surface area contributed by atoms with Crippen molar-refractivity contribution in [1.82, 2.24) is 0 Å². The fourth-order valence-electron chi connectivity index (χ4n) is 1.46. The summed E-state index contributed by atoms with van der Waals surface area (Å²) in [5.41, 5.74) is 8.40. The number of benzene rings is 1. The molecule has 1 rings (SSSR count). The number of hydrogen-bond donors (Lipinski definition) is 4. The lowest BCUT2D eigenvalue weighted by molar-refractivity contribution is -0.119. The number of rotatable bonds is 7. The number of amides is 1.